The summed E-state index contributed by atoms with van der Waals surface area (Å²) >= 11 is 0. The van der Waals surface area contributed by atoms with Gasteiger partial charge in [-0.1, -0.05) is 90.1 Å². The van der Waals surface area contributed by atoms with Crippen LogP contribution in [0.3, 0.4) is 0 Å². The number of Topliss-reactive ketones (excluding diaryl/α,β-unsaturated/α-hetero) is 2. The summed E-state index contributed by atoms with van der Waals surface area (Å²) in [6.07, 6.45) is -4.51. The van der Waals surface area contributed by atoms with Gasteiger partial charge in [0.25, 0.3) is 5.91 Å². The maximum Gasteiger partial charge on any atom is 0.316 e. The summed E-state index contributed by atoms with van der Waals surface area (Å²) in [5, 5.41) is 27.1. The number of ketones is 2. The number of nitrogens with one attached hydrogen (secondary N) is 1. The Bertz CT molecular complexity index is 2960. The van der Waals surface area contributed by atoms with E-state index in [4.69, 9.17) is 23.7 Å². The number of benzene rings is 3. The van der Waals surface area contributed by atoms with Gasteiger partial charge in [0.2, 0.25) is 0 Å². The molecule has 4 aromatic rings. The van der Waals surface area contributed by atoms with Crippen molar-refractivity contribution in [3.05, 3.63) is 102 Å². The summed E-state index contributed by atoms with van der Waals surface area (Å²) in [6, 6.07) is 24.2. The van der Waals surface area contributed by atoms with E-state index in [1.54, 1.807) is 26.0 Å². The first kappa shape index (κ1) is 67.4. The third kappa shape index (κ3) is 16.1. The number of ether oxygens (including phenoxy) is 5. The van der Waals surface area contributed by atoms with Crippen molar-refractivity contribution in [3.8, 4) is 22.4 Å². The van der Waals surface area contributed by atoms with Crippen molar-refractivity contribution >= 4 is 41.1 Å². The molecule has 1 aromatic heterocycles. The van der Waals surface area contributed by atoms with Gasteiger partial charge >= 0.3 is 17.9 Å². The molecule has 0 spiro atoms. The summed E-state index contributed by atoms with van der Waals surface area (Å²) in [5.41, 5.74) is 2.16. The number of esters is 3. The molecule has 0 saturated carbocycles. The number of anilines is 1. The van der Waals surface area contributed by atoms with Crippen molar-refractivity contribution in [1.29, 1.82) is 0 Å². The van der Waals surface area contributed by atoms with Crippen LogP contribution in [0.5, 0.6) is 0 Å². The van der Waals surface area contributed by atoms with Crippen LogP contribution in [0.1, 0.15) is 155 Å². The lowest BCUT2D eigenvalue weighted by atomic mass is 9.76. The van der Waals surface area contributed by atoms with Gasteiger partial charge in [-0.2, -0.15) is 0 Å². The third-order valence-electron chi connectivity index (χ3n) is 18.1. The van der Waals surface area contributed by atoms with E-state index in [0.29, 0.717) is 73.3 Å². The second-order valence-corrected chi connectivity index (χ2v) is 25.7. The van der Waals surface area contributed by atoms with E-state index in [1.807, 2.05) is 140 Å². The van der Waals surface area contributed by atoms with E-state index in [9.17, 15) is 43.4 Å². The van der Waals surface area contributed by atoms with Gasteiger partial charge in [0.1, 0.15) is 29.7 Å². The Labute approximate surface area is 507 Å². The van der Waals surface area contributed by atoms with Crippen molar-refractivity contribution in [2.24, 2.45) is 23.2 Å². The molecule has 2 unspecified atom stereocenters. The minimum absolute atomic E-state index is 0.0132. The number of likely N-dealkylation sites (N-methyl/N-ethyl adjacent to an activating group) is 2. The fourth-order valence-corrected chi connectivity index (χ4v) is 13.1. The Balaban J connectivity index is 1.07. The zero-order chi connectivity index (χ0) is 62.9. The van der Waals surface area contributed by atoms with Crippen LogP contribution in [0.2, 0.25) is 0 Å². The van der Waals surface area contributed by atoms with Gasteiger partial charge in [0.05, 0.1) is 47.6 Å². The quantitative estimate of drug-likeness (QED) is 0.0480. The number of amides is 1. The Morgan fingerprint density at radius 1 is 0.884 bits per heavy atom. The molecular formula is C68H93FN4O13. The van der Waals surface area contributed by atoms with Gasteiger partial charge < -0.3 is 53.6 Å². The van der Waals surface area contributed by atoms with Gasteiger partial charge in [0, 0.05) is 66.5 Å². The number of aliphatic hydroxyl groups excluding tert-OH is 1. The lowest BCUT2D eigenvalue weighted by molar-refractivity contribution is -0.295. The van der Waals surface area contributed by atoms with E-state index in [-0.39, 0.29) is 61.7 Å². The molecular weight excluding hydrogens is 1100 g/mol. The number of hydrogen-bond acceptors (Lipinski definition) is 15. The number of nitrogens with zero attached hydrogens (tertiary/aromatic N) is 3. The molecule has 13 atom stereocenters. The largest absolute Gasteiger partial charge is 0.462 e. The SMILES string of the molecule is CC[C@H]1OC(=O)[C@H](C)C(=O)[C@H](C)[C@@H](O[C@@H]2O[C@H](C)CC(N(C)C)[C@H]2OC(=O)CCC(=O)C[C@@H]2CC(=O)OC(CCn3c(-c4ccc(F)cc4)c(-c4ccccc4)c(C(=O)Nc4ccccc4)c3C(C)C)C2)[C@](C)(O)CCCN(C)[C@H](C)[C@@H](O)C1(C)C. The summed E-state index contributed by atoms with van der Waals surface area (Å²) in [5.74, 6) is -6.28. The minimum Gasteiger partial charge on any atom is -0.462 e. The zero-order valence-electron chi connectivity index (χ0n) is 52.7. The first-order valence-electron chi connectivity index (χ1n) is 30.8. The van der Waals surface area contributed by atoms with Crippen LogP contribution in [0, 0.1) is 29.0 Å². The van der Waals surface area contributed by atoms with Gasteiger partial charge in [-0.05, 0) is 147 Å². The van der Waals surface area contributed by atoms with Gasteiger partial charge in [0.15, 0.2) is 18.2 Å². The van der Waals surface area contributed by atoms with Gasteiger partial charge in [-0.3, -0.25) is 28.8 Å². The Hall–Kier alpha value is -6.15. The summed E-state index contributed by atoms with van der Waals surface area (Å²) in [7, 11) is 5.56. The van der Waals surface area contributed by atoms with E-state index in [0.717, 1.165) is 11.3 Å². The highest BCUT2D eigenvalue weighted by Crippen LogP contribution is 2.44. The summed E-state index contributed by atoms with van der Waals surface area (Å²) < 4.78 is 48.0. The zero-order valence-corrected chi connectivity index (χ0v) is 52.7. The number of cyclic esters (lactones) is 2. The van der Waals surface area contributed by atoms with Crippen LogP contribution in [0.15, 0.2) is 84.9 Å². The molecule has 1 amide bonds. The van der Waals surface area contributed by atoms with Crippen LogP contribution in [0.4, 0.5) is 10.1 Å². The van der Waals surface area contributed by atoms with E-state index < -0.39 is 101 Å². The van der Waals surface area contributed by atoms with Gasteiger partial charge in [-0.15, -0.1) is 0 Å². The van der Waals surface area contributed by atoms with Crippen LogP contribution < -0.4 is 5.32 Å². The molecule has 0 radical (unpaired) electrons. The minimum atomic E-state index is -1.68. The number of hydrogen-bond donors (Lipinski definition) is 3. The first-order valence-corrected chi connectivity index (χ1v) is 30.8. The topological polar surface area (TPSA) is 212 Å². The van der Waals surface area contributed by atoms with Crippen LogP contribution >= 0.6 is 0 Å². The maximum absolute atomic E-state index is 14.6. The van der Waals surface area contributed by atoms with Crippen LogP contribution in [0.25, 0.3) is 22.4 Å². The van der Waals surface area contributed by atoms with Crippen LogP contribution in [-0.4, -0.2) is 148 Å². The van der Waals surface area contributed by atoms with Crippen molar-refractivity contribution in [1.82, 2.24) is 14.4 Å². The molecule has 4 heterocycles. The van der Waals surface area contributed by atoms with Crippen molar-refractivity contribution < 1.29 is 67.1 Å². The monoisotopic (exact) mass is 1190 g/mol. The van der Waals surface area contributed by atoms with Crippen molar-refractivity contribution in [2.75, 3.05) is 33.0 Å². The van der Waals surface area contributed by atoms with E-state index in [1.165, 1.54) is 19.1 Å². The molecule has 0 bridgehead atoms. The summed E-state index contributed by atoms with van der Waals surface area (Å²) in [4.78, 5) is 88.1. The molecule has 3 saturated heterocycles. The van der Waals surface area contributed by atoms with E-state index >= 15 is 0 Å². The smallest absolute Gasteiger partial charge is 0.316 e. The number of carbonyl (C=O) groups excluding carboxylic acids is 6. The predicted octanol–water partition coefficient (Wildman–Crippen LogP) is 10.6. The van der Waals surface area contributed by atoms with Crippen molar-refractivity contribution in [2.45, 2.75) is 207 Å². The Morgan fingerprint density at radius 2 is 1.53 bits per heavy atom. The third-order valence-corrected chi connectivity index (χ3v) is 18.1. The molecule has 0 aliphatic carbocycles. The first-order chi connectivity index (χ1) is 40.6. The highest BCUT2D eigenvalue weighted by atomic mass is 19.1. The molecule has 470 valence electrons. The lowest BCUT2D eigenvalue weighted by Crippen LogP contribution is -2.59. The molecule has 3 fully saturated rings. The standard InChI is InChI=1S/C68H93FN4O13/c1-14-53-67(8,9)62(78)44(7)72(13)34-21-33-68(10,81)63(42(5)60(77)43(6)65(80)84-53)86-66-61(52(71(11)12)36-41(4)82-66)85-54(75)31-30-50(74)37-45-38-51(83-55(76)39-45)32-35-73-58(40(2)3)57(64(79)70-49-24-19-16-20-25-49)56(46-22-17-15-18-23-46)59(73)47-26-28-48(69)29-27-47/h15-20,22-29,40-45,51-53,61-63,66,78,81H,14,21,30-39H2,1-13H3,(H,70,79)/t41-,42+,43-,44-,45+,51?,52?,53-,61-,62-,63-,66+,68-/m1/s1. The Morgan fingerprint density at radius 3 is 2.16 bits per heavy atom. The number of aliphatic hydroxyl groups is 2. The second kappa shape index (κ2) is 29.2. The fourth-order valence-electron chi connectivity index (χ4n) is 13.1. The molecule has 86 heavy (non-hydrogen) atoms. The molecule has 3 aliphatic heterocycles. The Kier molecular flexibility index (Phi) is 22.9. The number of carbonyl (C=O) groups is 6. The maximum atomic E-state index is 14.6. The molecule has 3 N–H and O–H groups in total. The molecule has 7 rings (SSSR count). The fraction of sp³-hybridized carbons (Fsp3) is 0.588. The van der Waals surface area contributed by atoms with Gasteiger partial charge in [-0.25, -0.2) is 4.39 Å². The van der Waals surface area contributed by atoms with Crippen molar-refractivity contribution in [3.63, 3.8) is 0 Å². The lowest BCUT2D eigenvalue weighted by Gasteiger charge is -2.46. The average molecular weight is 1190 g/mol. The second-order valence-electron chi connectivity index (χ2n) is 25.7. The van der Waals surface area contributed by atoms with Crippen LogP contribution in [-0.2, 0) is 54.2 Å². The molecule has 3 aromatic carbocycles. The number of para-hydroxylation sites is 1. The van der Waals surface area contributed by atoms with E-state index in [2.05, 4.69) is 9.88 Å². The normalized spacial score (nSPS) is 28.9. The average Bonchev–Trinajstić information content (AvgIpc) is 2.72. The number of rotatable bonds is 18. The highest BCUT2D eigenvalue weighted by Gasteiger charge is 2.50. The molecule has 18 heteroatoms. The molecule has 3 aliphatic rings. The highest BCUT2D eigenvalue weighted by molar-refractivity contribution is 6.12. The summed E-state index contributed by atoms with van der Waals surface area (Å²) in [6.45, 7) is 18.8. The number of halogens is 1. The molecule has 17 nitrogen and oxygen atoms in total. The predicted molar refractivity (Wildman–Crippen MR) is 326 cm³/mol. The number of aromatic nitrogens is 1.